The van der Waals surface area contributed by atoms with Gasteiger partial charge >= 0.3 is 0 Å². The third-order valence-corrected chi connectivity index (χ3v) is 3.10. The molecule has 0 bridgehead atoms. The van der Waals surface area contributed by atoms with Crippen molar-refractivity contribution < 1.29 is 14.9 Å². The van der Waals surface area contributed by atoms with Crippen molar-refractivity contribution in [3.05, 3.63) is 0 Å². The minimum absolute atomic E-state index is 0.0825. The second kappa shape index (κ2) is 3.53. The van der Waals surface area contributed by atoms with Crippen LogP contribution in [0.5, 0.6) is 0 Å². The third-order valence-electron chi connectivity index (χ3n) is 3.10. The number of aliphatic hydroxyl groups is 2. The molecule has 2 heterocycles. The number of hydrogen-bond acceptors (Lipinski definition) is 4. The van der Waals surface area contributed by atoms with Gasteiger partial charge in [-0.05, 0) is 12.8 Å². The van der Waals surface area contributed by atoms with Crippen LogP contribution in [0.2, 0.25) is 0 Å². The van der Waals surface area contributed by atoms with Gasteiger partial charge in [0.25, 0.3) is 0 Å². The lowest BCUT2D eigenvalue weighted by atomic mass is 9.83. The molecule has 4 heteroatoms. The Morgan fingerprint density at radius 1 is 1.54 bits per heavy atom. The molecular weight excluding hydrogens is 170 g/mol. The van der Waals surface area contributed by atoms with Crippen LogP contribution in [-0.4, -0.2) is 47.2 Å². The van der Waals surface area contributed by atoms with Crippen LogP contribution in [-0.2, 0) is 4.74 Å². The molecule has 0 aromatic carbocycles. The highest BCUT2D eigenvalue weighted by Gasteiger charge is 2.47. The van der Waals surface area contributed by atoms with Crippen molar-refractivity contribution in [2.45, 2.75) is 50.2 Å². The Bertz CT molecular complexity index is 188. The summed E-state index contributed by atoms with van der Waals surface area (Å²) in [4.78, 5) is 0. The monoisotopic (exact) mass is 187 g/mol. The molecule has 0 aliphatic carbocycles. The lowest BCUT2D eigenvalue weighted by Crippen LogP contribution is -2.71. The molecule has 0 aromatic heterocycles. The Labute approximate surface area is 77.9 Å². The van der Waals surface area contributed by atoms with Gasteiger partial charge in [-0.1, -0.05) is 6.92 Å². The van der Waals surface area contributed by atoms with Gasteiger partial charge in [0, 0.05) is 12.1 Å². The molecule has 2 rings (SSSR count). The topological polar surface area (TPSA) is 61.7 Å². The van der Waals surface area contributed by atoms with Crippen LogP contribution < -0.4 is 5.32 Å². The third kappa shape index (κ3) is 1.48. The van der Waals surface area contributed by atoms with Crippen LogP contribution in [0.25, 0.3) is 0 Å². The molecule has 0 amide bonds. The maximum atomic E-state index is 9.52. The molecule has 4 nitrogen and oxygen atoms in total. The molecule has 13 heavy (non-hydrogen) atoms. The molecule has 4 unspecified atom stereocenters. The van der Waals surface area contributed by atoms with Crippen LogP contribution in [0.15, 0.2) is 0 Å². The molecule has 3 N–H and O–H groups in total. The van der Waals surface area contributed by atoms with E-state index in [0.29, 0.717) is 18.5 Å². The van der Waals surface area contributed by atoms with E-state index in [-0.39, 0.29) is 18.8 Å². The highest BCUT2D eigenvalue weighted by molar-refractivity contribution is 5.03. The summed E-state index contributed by atoms with van der Waals surface area (Å²) in [5, 5.41) is 21.8. The number of nitrogens with one attached hydrogen (secondary N) is 1. The molecule has 5 atom stereocenters. The van der Waals surface area contributed by atoms with Crippen LogP contribution in [0.1, 0.15) is 19.8 Å². The average molecular weight is 187 g/mol. The SMILES string of the molecule is CCC1NC2C[C@H](O)C(CO)OC12. The summed E-state index contributed by atoms with van der Waals surface area (Å²) in [6, 6.07) is 0.703. The van der Waals surface area contributed by atoms with Crippen LogP contribution in [0.4, 0.5) is 0 Å². The fourth-order valence-corrected chi connectivity index (χ4v) is 2.24. The molecule has 0 aromatic rings. The van der Waals surface area contributed by atoms with Crippen molar-refractivity contribution in [1.82, 2.24) is 5.32 Å². The summed E-state index contributed by atoms with van der Waals surface area (Å²) < 4.78 is 5.59. The highest BCUT2D eigenvalue weighted by Crippen LogP contribution is 2.30. The van der Waals surface area contributed by atoms with Gasteiger partial charge in [-0.15, -0.1) is 0 Å². The van der Waals surface area contributed by atoms with Gasteiger partial charge in [0.2, 0.25) is 0 Å². The zero-order valence-corrected chi connectivity index (χ0v) is 7.81. The van der Waals surface area contributed by atoms with Gasteiger partial charge in [-0.2, -0.15) is 0 Å². The zero-order chi connectivity index (χ0) is 9.42. The molecule has 0 saturated carbocycles. The lowest BCUT2D eigenvalue weighted by Gasteiger charge is -2.51. The number of aliphatic hydroxyl groups excluding tert-OH is 2. The standard InChI is InChI=1S/C9H17NO3/c1-2-5-9-6(10-5)3-7(12)8(4-11)13-9/h5-12H,2-4H2,1H3/t5?,6?,7-,8?,9?/m0/s1. The van der Waals surface area contributed by atoms with Gasteiger partial charge in [-0.3, -0.25) is 0 Å². The van der Waals surface area contributed by atoms with Crippen molar-refractivity contribution in [1.29, 1.82) is 0 Å². The van der Waals surface area contributed by atoms with Crippen LogP contribution in [0.3, 0.4) is 0 Å². The Balaban J connectivity index is 1.94. The van der Waals surface area contributed by atoms with E-state index in [4.69, 9.17) is 9.84 Å². The van der Waals surface area contributed by atoms with Gasteiger partial charge in [0.15, 0.2) is 0 Å². The van der Waals surface area contributed by atoms with E-state index in [0.717, 1.165) is 6.42 Å². The molecule has 2 fully saturated rings. The summed E-state index contributed by atoms with van der Waals surface area (Å²) >= 11 is 0. The lowest BCUT2D eigenvalue weighted by molar-refractivity contribution is -0.188. The quantitative estimate of drug-likeness (QED) is 0.532. The number of rotatable bonds is 2. The van der Waals surface area contributed by atoms with E-state index >= 15 is 0 Å². The van der Waals surface area contributed by atoms with E-state index in [1.165, 1.54) is 0 Å². The predicted octanol–water partition coefficient (Wildman–Crippen LogP) is -0.753. The van der Waals surface area contributed by atoms with E-state index in [2.05, 4.69) is 12.2 Å². The van der Waals surface area contributed by atoms with Crippen LogP contribution >= 0.6 is 0 Å². The fourth-order valence-electron chi connectivity index (χ4n) is 2.24. The fraction of sp³-hybridized carbons (Fsp3) is 1.00. The van der Waals surface area contributed by atoms with Gasteiger partial charge in [0.05, 0.1) is 18.8 Å². The number of ether oxygens (including phenoxy) is 1. The van der Waals surface area contributed by atoms with Crippen LogP contribution in [0, 0.1) is 0 Å². The second-order valence-electron chi connectivity index (χ2n) is 3.91. The van der Waals surface area contributed by atoms with Crippen molar-refractivity contribution in [3.63, 3.8) is 0 Å². The van der Waals surface area contributed by atoms with Crippen molar-refractivity contribution >= 4 is 0 Å². The van der Waals surface area contributed by atoms with Crippen molar-refractivity contribution in [2.75, 3.05) is 6.61 Å². The highest BCUT2D eigenvalue weighted by atomic mass is 16.5. The first kappa shape index (κ1) is 9.40. The van der Waals surface area contributed by atoms with E-state index in [1.54, 1.807) is 0 Å². The van der Waals surface area contributed by atoms with E-state index < -0.39 is 6.10 Å². The largest absolute Gasteiger partial charge is 0.394 e. The Morgan fingerprint density at radius 3 is 2.92 bits per heavy atom. The predicted molar refractivity (Wildman–Crippen MR) is 47.4 cm³/mol. The van der Waals surface area contributed by atoms with Gasteiger partial charge in [0.1, 0.15) is 6.10 Å². The average Bonchev–Trinajstić information content (AvgIpc) is 2.11. The van der Waals surface area contributed by atoms with Gasteiger partial charge in [-0.25, -0.2) is 0 Å². The van der Waals surface area contributed by atoms with Crippen molar-refractivity contribution in [3.8, 4) is 0 Å². The normalized spacial score (nSPS) is 49.6. The van der Waals surface area contributed by atoms with Crippen molar-refractivity contribution in [2.24, 2.45) is 0 Å². The molecule has 2 aliphatic rings. The molecule has 2 saturated heterocycles. The first-order valence-electron chi connectivity index (χ1n) is 4.96. The molecular formula is C9H17NO3. The van der Waals surface area contributed by atoms with Gasteiger partial charge < -0.3 is 20.3 Å². The maximum Gasteiger partial charge on any atom is 0.107 e. The summed E-state index contributed by atoms with van der Waals surface area (Å²) in [6.07, 6.45) is 1.04. The minimum atomic E-state index is -0.517. The Hall–Kier alpha value is -0.160. The maximum absolute atomic E-state index is 9.52. The first-order chi connectivity index (χ1) is 6.26. The number of fused-ring (bicyclic) bond motifs is 1. The molecule has 2 aliphatic heterocycles. The smallest absolute Gasteiger partial charge is 0.107 e. The summed E-state index contributed by atoms with van der Waals surface area (Å²) in [5.74, 6) is 0. The summed E-state index contributed by atoms with van der Waals surface area (Å²) in [5.41, 5.74) is 0. The van der Waals surface area contributed by atoms with E-state index in [1.807, 2.05) is 0 Å². The summed E-state index contributed by atoms with van der Waals surface area (Å²) in [7, 11) is 0. The molecule has 0 radical (unpaired) electrons. The minimum Gasteiger partial charge on any atom is -0.394 e. The zero-order valence-electron chi connectivity index (χ0n) is 7.81. The number of hydrogen-bond donors (Lipinski definition) is 3. The van der Waals surface area contributed by atoms with E-state index in [9.17, 15) is 5.11 Å². The Kier molecular flexibility index (Phi) is 2.55. The second-order valence-corrected chi connectivity index (χ2v) is 3.91. The Morgan fingerprint density at radius 2 is 2.31 bits per heavy atom. The summed E-state index contributed by atoms with van der Waals surface area (Å²) in [6.45, 7) is 2.02. The molecule has 76 valence electrons. The first-order valence-corrected chi connectivity index (χ1v) is 4.96. The molecule has 0 spiro atoms.